The molecule has 31 heavy (non-hydrogen) atoms. The molecule has 0 bridgehead atoms. The first-order chi connectivity index (χ1) is 14.2. The van der Waals surface area contributed by atoms with Crippen LogP contribution >= 0.6 is 25.7 Å². The van der Waals surface area contributed by atoms with E-state index in [9.17, 15) is 13.6 Å². The van der Waals surface area contributed by atoms with E-state index >= 15 is 0 Å². The molecular weight excluding hydrogens is 450 g/mol. The number of carbonyl (C=O) groups excluding carboxylic acids is 1. The molecule has 0 aromatic carbocycles. The minimum absolute atomic E-state index is 0. The van der Waals surface area contributed by atoms with E-state index in [0.29, 0.717) is 24.8 Å². The van der Waals surface area contributed by atoms with Gasteiger partial charge in [-0.15, -0.1) is 0 Å². The minimum Gasteiger partial charge on any atom is -0.390 e. The van der Waals surface area contributed by atoms with Crippen LogP contribution in [0.1, 0.15) is 38.8 Å². The topological polar surface area (TPSA) is 88.7 Å². The number of halogens is 2. The number of aromatic nitrogens is 3. The molecule has 1 fully saturated rings. The fraction of sp³-hybridized carbons (Fsp3) is 0.611. The van der Waals surface area contributed by atoms with Gasteiger partial charge in [-0.2, -0.15) is 18.6 Å². The molecule has 9 nitrogen and oxygen atoms in total. The summed E-state index contributed by atoms with van der Waals surface area (Å²) in [4.78, 5) is 14.1. The first kappa shape index (κ1) is 25.3. The molecule has 3 heterocycles. The van der Waals surface area contributed by atoms with Crippen molar-refractivity contribution in [1.29, 1.82) is 0 Å². The highest BCUT2D eigenvalue weighted by molar-refractivity contribution is 7.92. The lowest BCUT2D eigenvalue weighted by Gasteiger charge is -2.44. The van der Waals surface area contributed by atoms with Crippen LogP contribution in [0.5, 0.6) is 5.88 Å². The van der Waals surface area contributed by atoms with E-state index in [-0.39, 0.29) is 36.6 Å². The third-order valence-corrected chi connectivity index (χ3v) is 6.52. The monoisotopic (exact) mass is 478 g/mol. The zero-order chi connectivity index (χ0) is 21.9. The molecule has 2 aromatic rings. The summed E-state index contributed by atoms with van der Waals surface area (Å²) in [7, 11) is 3.46. The maximum atomic E-state index is 12.8. The Bertz CT molecular complexity index is 841. The molecule has 1 saturated heterocycles. The highest BCUT2D eigenvalue weighted by Gasteiger charge is 2.38. The third kappa shape index (κ3) is 6.04. The zero-order valence-electron chi connectivity index (χ0n) is 17.8. The number of aryl methyl sites for hydroxylation is 1. The molecule has 0 saturated carbocycles. The van der Waals surface area contributed by atoms with Gasteiger partial charge in [-0.3, -0.25) is 5.32 Å². The van der Waals surface area contributed by atoms with Gasteiger partial charge in [-0.1, -0.05) is 5.16 Å². The number of hydrogen-bond donors (Lipinski definition) is 1. The second kappa shape index (κ2) is 10.6. The van der Waals surface area contributed by atoms with Gasteiger partial charge >= 0.3 is 6.03 Å². The average molecular weight is 479 g/mol. The number of alkyl halides is 2. The fourth-order valence-electron chi connectivity index (χ4n) is 3.36. The fourth-order valence-corrected chi connectivity index (χ4v) is 4.04. The van der Waals surface area contributed by atoms with Gasteiger partial charge in [-0.05, 0) is 32.6 Å². The molecule has 2 aromatic heterocycles. The Kier molecular flexibility index (Phi) is 8.60. The van der Waals surface area contributed by atoms with Crippen molar-refractivity contribution in [3.63, 3.8) is 0 Å². The second-order valence-electron chi connectivity index (χ2n) is 7.72. The number of piperidine rings is 1. The van der Waals surface area contributed by atoms with Gasteiger partial charge in [0.1, 0.15) is 24.2 Å². The zero-order valence-corrected chi connectivity index (χ0v) is 19.7. The molecule has 0 atom stereocenters. The van der Waals surface area contributed by atoms with E-state index in [1.807, 2.05) is 11.4 Å². The van der Waals surface area contributed by atoms with Crippen molar-refractivity contribution in [1.82, 2.24) is 24.1 Å². The molecule has 13 heteroatoms. The predicted octanol–water partition coefficient (Wildman–Crippen LogP) is 4.06. The van der Waals surface area contributed by atoms with Gasteiger partial charge in [-0.25, -0.2) is 22.6 Å². The first-order valence-corrected chi connectivity index (χ1v) is 10.2. The Morgan fingerprint density at radius 1 is 1.42 bits per heavy atom. The normalized spacial score (nSPS) is 15.3. The number of hydrogen-bond acceptors (Lipinski definition) is 7. The Hall–Kier alpha value is -1.99. The summed E-state index contributed by atoms with van der Waals surface area (Å²) in [6.45, 7) is 5.45. The highest BCUT2D eigenvalue weighted by Crippen LogP contribution is 2.36. The number of urea groups is 1. The molecule has 1 aliphatic heterocycles. The van der Waals surface area contributed by atoms with Crippen molar-refractivity contribution >= 4 is 37.6 Å². The number of carbonyl (C=O) groups is 1. The lowest BCUT2D eigenvalue weighted by molar-refractivity contribution is 0.105. The van der Waals surface area contributed by atoms with Crippen LogP contribution in [0.2, 0.25) is 0 Å². The SMILES string of the molecule is CN(SOc1cc(C(F)F)nn1C)C(C)(C)C1CCN(C(=O)Nc2ccon2)CC1.S. The minimum atomic E-state index is -2.64. The lowest BCUT2D eigenvalue weighted by atomic mass is 9.80. The van der Waals surface area contributed by atoms with E-state index in [0.717, 1.165) is 25.1 Å². The van der Waals surface area contributed by atoms with Crippen LogP contribution in [0, 0.1) is 5.92 Å². The molecule has 0 aliphatic carbocycles. The first-order valence-electron chi connectivity index (χ1n) is 9.55. The van der Waals surface area contributed by atoms with E-state index in [4.69, 9.17) is 8.71 Å². The average Bonchev–Trinajstić information content (AvgIpc) is 3.35. The van der Waals surface area contributed by atoms with Crippen molar-refractivity contribution in [2.24, 2.45) is 13.0 Å². The summed E-state index contributed by atoms with van der Waals surface area (Å²) in [5.41, 5.74) is -0.560. The smallest absolute Gasteiger partial charge is 0.323 e. The van der Waals surface area contributed by atoms with Crippen LogP contribution in [0.15, 0.2) is 22.9 Å². The van der Waals surface area contributed by atoms with Crippen LogP contribution in [0.3, 0.4) is 0 Å². The number of likely N-dealkylation sites (tertiary alicyclic amines) is 1. The van der Waals surface area contributed by atoms with Crippen LogP contribution < -0.4 is 9.50 Å². The summed E-state index contributed by atoms with van der Waals surface area (Å²) < 4.78 is 39.2. The largest absolute Gasteiger partial charge is 0.390 e. The van der Waals surface area contributed by atoms with Crippen LogP contribution in [-0.4, -0.2) is 55.8 Å². The van der Waals surface area contributed by atoms with Crippen LogP contribution in [-0.2, 0) is 7.05 Å². The molecule has 174 valence electrons. The molecule has 0 radical (unpaired) electrons. The summed E-state index contributed by atoms with van der Waals surface area (Å²) in [6, 6.07) is 2.63. The van der Waals surface area contributed by atoms with Gasteiger partial charge in [0.15, 0.2) is 5.82 Å². The number of amides is 2. The van der Waals surface area contributed by atoms with E-state index in [1.165, 1.54) is 17.0 Å². The number of nitrogens with zero attached hydrogens (tertiary/aromatic N) is 5. The van der Waals surface area contributed by atoms with E-state index < -0.39 is 6.43 Å². The van der Waals surface area contributed by atoms with Crippen molar-refractivity contribution in [2.45, 2.75) is 38.7 Å². The maximum Gasteiger partial charge on any atom is 0.323 e. The molecule has 2 amide bonds. The lowest BCUT2D eigenvalue weighted by Crippen LogP contribution is -2.50. The maximum absolute atomic E-state index is 12.8. The highest BCUT2D eigenvalue weighted by atomic mass is 32.2. The summed E-state index contributed by atoms with van der Waals surface area (Å²) in [5.74, 6) is 0.969. The number of nitrogens with one attached hydrogen (secondary N) is 1. The quantitative estimate of drug-likeness (QED) is 0.474. The molecule has 0 spiro atoms. The summed E-state index contributed by atoms with van der Waals surface area (Å²) in [6.07, 6.45) is 0.413. The molecule has 1 N–H and O–H groups in total. The van der Waals surface area contributed by atoms with Crippen LogP contribution in [0.25, 0.3) is 0 Å². The summed E-state index contributed by atoms with van der Waals surface area (Å²) in [5, 5.41) is 10.1. The Morgan fingerprint density at radius 3 is 2.65 bits per heavy atom. The van der Waals surface area contributed by atoms with Crippen molar-refractivity contribution in [2.75, 3.05) is 25.5 Å². The Morgan fingerprint density at radius 2 is 2.10 bits per heavy atom. The second-order valence-corrected chi connectivity index (χ2v) is 8.58. The molecule has 3 rings (SSSR count). The van der Waals surface area contributed by atoms with Gasteiger partial charge < -0.3 is 13.6 Å². The van der Waals surface area contributed by atoms with Gasteiger partial charge in [0.2, 0.25) is 5.88 Å². The Labute approximate surface area is 191 Å². The number of anilines is 1. The van der Waals surface area contributed by atoms with E-state index in [2.05, 4.69) is 29.4 Å². The standard InChI is InChI=1S/C18H26F2N6O3S.H2S/c1-18(2,25(4)30-29-15-11-13(16(19)20)22-24(15)3)12-5-8-26(9-6-12)17(27)21-14-7-10-28-23-14;/h7,10-12,16H,5-6,8-9H2,1-4H3,(H,21,23,27);1H2. The summed E-state index contributed by atoms with van der Waals surface area (Å²) >= 11 is 1.10. The van der Waals surface area contributed by atoms with Crippen molar-refractivity contribution in [3.05, 3.63) is 24.1 Å². The number of rotatable bonds is 7. The van der Waals surface area contributed by atoms with E-state index in [1.54, 1.807) is 18.0 Å². The molecular formula is C18H28F2N6O3S2. The molecule has 1 aliphatic rings. The van der Waals surface area contributed by atoms with Gasteiger partial charge in [0, 0.05) is 44.9 Å². The predicted molar refractivity (Wildman–Crippen MR) is 118 cm³/mol. The van der Waals surface area contributed by atoms with Crippen LogP contribution in [0.4, 0.5) is 19.4 Å². The third-order valence-electron chi connectivity index (χ3n) is 5.58. The van der Waals surface area contributed by atoms with Gasteiger partial charge in [0.05, 0.1) is 0 Å². The Balaban J connectivity index is 0.00000341. The van der Waals surface area contributed by atoms with Crippen molar-refractivity contribution < 1.29 is 22.3 Å². The van der Waals surface area contributed by atoms with Gasteiger partial charge in [0.25, 0.3) is 6.43 Å². The van der Waals surface area contributed by atoms with Crippen molar-refractivity contribution in [3.8, 4) is 5.88 Å². The molecule has 0 unspecified atom stereocenters.